The minimum atomic E-state index is 0.108. The normalized spacial score (nSPS) is 19.7. The lowest BCUT2D eigenvalue weighted by atomic mass is 9.69. The van der Waals surface area contributed by atoms with E-state index in [9.17, 15) is 4.79 Å². The molecule has 16 heavy (non-hydrogen) atoms. The van der Waals surface area contributed by atoms with Gasteiger partial charge < -0.3 is 5.32 Å². The van der Waals surface area contributed by atoms with Crippen molar-refractivity contribution < 1.29 is 4.79 Å². The predicted octanol–water partition coefficient (Wildman–Crippen LogP) is 1.68. The molecule has 2 rings (SSSR count). The molecule has 1 aliphatic carbocycles. The number of carbonyl (C=O) groups excluding carboxylic acids is 1. The van der Waals surface area contributed by atoms with E-state index in [1.165, 1.54) is 5.56 Å². The Morgan fingerprint density at radius 1 is 1.44 bits per heavy atom. The fraction of sp³-hybridized carbons (Fsp3) is 0.538. The van der Waals surface area contributed by atoms with E-state index >= 15 is 0 Å². The van der Waals surface area contributed by atoms with Crippen molar-refractivity contribution in [2.75, 3.05) is 13.6 Å². The highest BCUT2D eigenvalue weighted by Crippen LogP contribution is 2.37. The SMILES string of the molecule is CNCC1(c2cccnc2)CCC(=O)CC1. The molecule has 0 saturated heterocycles. The second-order valence-corrected chi connectivity index (χ2v) is 4.59. The maximum absolute atomic E-state index is 11.4. The highest BCUT2D eigenvalue weighted by atomic mass is 16.1. The summed E-state index contributed by atoms with van der Waals surface area (Å²) in [5, 5.41) is 3.25. The summed E-state index contributed by atoms with van der Waals surface area (Å²) < 4.78 is 0. The van der Waals surface area contributed by atoms with E-state index in [0.29, 0.717) is 18.6 Å². The molecular weight excluding hydrogens is 200 g/mol. The molecule has 1 aromatic heterocycles. The number of carbonyl (C=O) groups is 1. The number of nitrogens with one attached hydrogen (secondary N) is 1. The minimum Gasteiger partial charge on any atom is -0.319 e. The summed E-state index contributed by atoms with van der Waals surface area (Å²) in [4.78, 5) is 15.5. The Bertz CT molecular complexity index is 351. The predicted molar refractivity (Wildman–Crippen MR) is 63.3 cm³/mol. The van der Waals surface area contributed by atoms with Crippen molar-refractivity contribution in [3.8, 4) is 0 Å². The van der Waals surface area contributed by atoms with E-state index in [0.717, 1.165) is 19.4 Å². The molecule has 1 aliphatic rings. The summed E-state index contributed by atoms with van der Waals surface area (Å²) in [6, 6.07) is 4.10. The van der Waals surface area contributed by atoms with Gasteiger partial charge in [-0.15, -0.1) is 0 Å². The number of hydrogen-bond acceptors (Lipinski definition) is 3. The number of nitrogens with zero attached hydrogens (tertiary/aromatic N) is 1. The minimum absolute atomic E-state index is 0.108. The molecule has 1 saturated carbocycles. The largest absolute Gasteiger partial charge is 0.319 e. The van der Waals surface area contributed by atoms with E-state index in [-0.39, 0.29) is 5.41 Å². The van der Waals surface area contributed by atoms with Gasteiger partial charge in [-0.3, -0.25) is 9.78 Å². The summed E-state index contributed by atoms with van der Waals surface area (Å²) in [5.41, 5.74) is 1.37. The van der Waals surface area contributed by atoms with Gasteiger partial charge >= 0.3 is 0 Å². The Balaban J connectivity index is 2.25. The van der Waals surface area contributed by atoms with E-state index in [4.69, 9.17) is 0 Å². The maximum atomic E-state index is 11.4. The number of ketones is 1. The van der Waals surface area contributed by atoms with E-state index in [1.54, 1.807) is 6.20 Å². The number of hydrogen-bond donors (Lipinski definition) is 1. The van der Waals surface area contributed by atoms with Crippen molar-refractivity contribution in [2.24, 2.45) is 0 Å². The lowest BCUT2D eigenvalue weighted by Gasteiger charge is -2.37. The summed E-state index contributed by atoms with van der Waals surface area (Å²) in [5.74, 6) is 0.399. The summed E-state index contributed by atoms with van der Waals surface area (Å²) in [7, 11) is 1.97. The first-order valence-corrected chi connectivity index (χ1v) is 5.84. The first-order chi connectivity index (χ1) is 7.77. The maximum Gasteiger partial charge on any atom is 0.132 e. The molecule has 0 amide bonds. The zero-order valence-electron chi connectivity index (χ0n) is 9.70. The molecule has 1 fully saturated rings. The van der Waals surface area contributed by atoms with Gasteiger partial charge in [-0.25, -0.2) is 0 Å². The fourth-order valence-electron chi connectivity index (χ4n) is 2.59. The fourth-order valence-corrected chi connectivity index (χ4v) is 2.59. The van der Waals surface area contributed by atoms with Crippen LogP contribution >= 0.6 is 0 Å². The highest BCUT2D eigenvalue weighted by Gasteiger charge is 2.35. The van der Waals surface area contributed by atoms with Crippen molar-refractivity contribution in [1.29, 1.82) is 0 Å². The second-order valence-electron chi connectivity index (χ2n) is 4.59. The van der Waals surface area contributed by atoms with Crippen molar-refractivity contribution in [2.45, 2.75) is 31.1 Å². The third-order valence-corrected chi connectivity index (χ3v) is 3.55. The highest BCUT2D eigenvalue weighted by molar-refractivity contribution is 5.79. The molecule has 0 bridgehead atoms. The third kappa shape index (κ3) is 2.14. The van der Waals surface area contributed by atoms with Gasteiger partial charge in [0.1, 0.15) is 5.78 Å². The van der Waals surface area contributed by atoms with Gasteiger partial charge in [0.15, 0.2) is 0 Å². The molecule has 3 heteroatoms. The van der Waals surface area contributed by atoms with Crippen LogP contribution in [0.2, 0.25) is 0 Å². The number of Topliss-reactive ketones (excluding diaryl/α,β-unsaturated/α-hetero) is 1. The van der Waals surface area contributed by atoms with Crippen molar-refractivity contribution in [3.05, 3.63) is 30.1 Å². The van der Waals surface area contributed by atoms with Crippen LogP contribution in [-0.2, 0) is 10.2 Å². The monoisotopic (exact) mass is 218 g/mol. The van der Waals surface area contributed by atoms with E-state index < -0.39 is 0 Å². The van der Waals surface area contributed by atoms with Crippen molar-refractivity contribution >= 4 is 5.78 Å². The average molecular weight is 218 g/mol. The number of pyridine rings is 1. The van der Waals surface area contributed by atoms with Crippen molar-refractivity contribution in [3.63, 3.8) is 0 Å². The molecule has 0 aliphatic heterocycles. The zero-order valence-corrected chi connectivity index (χ0v) is 9.70. The van der Waals surface area contributed by atoms with Gasteiger partial charge in [0, 0.05) is 37.2 Å². The molecular formula is C13H18N2O. The quantitative estimate of drug-likeness (QED) is 0.839. The Morgan fingerprint density at radius 2 is 2.19 bits per heavy atom. The number of rotatable bonds is 3. The van der Waals surface area contributed by atoms with Gasteiger partial charge in [0.2, 0.25) is 0 Å². The van der Waals surface area contributed by atoms with Crippen LogP contribution in [0.4, 0.5) is 0 Å². The van der Waals surface area contributed by atoms with Gasteiger partial charge in [-0.2, -0.15) is 0 Å². The van der Waals surface area contributed by atoms with Crippen LogP contribution in [0.3, 0.4) is 0 Å². The molecule has 1 heterocycles. The van der Waals surface area contributed by atoms with Crippen LogP contribution in [0, 0.1) is 0 Å². The number of aromatic nitrogens is 1. The Hall–Kier alpha value is -1.22. The summed E-state index contributed by atoms with van der Waals surface area (Å²) in [6.07, 6.45) is 7.03. The average Bonchev–Trinajstić information content (AvgIpc) is 2.34. The Morgan fingerprint density at radius 3 is 2.75 bits per heavy atom. The first-order valence-electron chi connectivity index (χ1n) is 5.84. The molecule has 3 nitrogen and oxygen atoms in total. The lowest BCUT2D eigenvalue weighted by molar-refractivity contribution is -0.121. The second kappa shape index (κ2) is 4.74. The Labute approximate surface area is 96.3 Å². The standard InChI is InChI=1S/C13H18N2O/c1-14-10-13(6-4-12(16)5-7-13)11-3-2-8-15-9-11/h2-3,8-9,14H,4-7,10H2,1H3. The van der Waals surface area contributed by atoms with Crippen LogP contribution < -0.4 is 5.32 Å². The van der Waals surface area contributed by atoms with Crippen LogP contribution in [0.15, 0.2) is 24.5 Å². The van der Waals surface area contributed by atoms with E-state index in [1.807, 2.05) is 19.3 Å². The molecule has 1 aromatic rings. The molecule has 0 atom stereocenters. The molecule has 1 N–H and O–H groups in total. The summed E-state index contributed by atoms with van der Waals surface area (Å²) >= 11 is 0. The van der Waals surface area contributed by atoms with Gasteiger partial charge in [0.05, 0.1) is 0 Å². The first kappa shape index (κ1) is 11.3. The van der Waals surface area contributed by atoms with Gasteiger partial charge in [-0.05, 0) is 31.5 Å². The molecule has 86 valence electrons. The lowest BCUT2D eigenvalue weighted by Crippen LogP contribution is -2.40. The molecule has 0 radical (unpaired) electrons. The number of likely N-dealkylation sites (N-methyl/N-ethyl adjacent to an activating group) is 1. The summed E-state index contributed by atoms with van der Waals surface area (Å²) in [6.45, 7) is 0.923. The molecule has 0 unspecified atom stereocenters. The topological polar surface area (TPSA) is 42.0 Å². The van der Waals surface area contributed by atoms with Crippen LogP contribution in [0.5, 0.6) is 0 Å². The molecule has 0 spiro atoms. The van der Waals surface area contributed by atoms with Crippen LogP contribution in [-0.4, -0.2) is 24.4 Å². The smallest absolute Gasteiger partial charge is 0.132 e. The third-order valence-electron chi connectivity index (χ3n) is 3.55. The Kier molecular flexibility index (Phi) is 3.34. The molecule has 0 aromatic carbocycles. The zero-order chi connectivity index (χ0) is 11.4. The van der Waals surface area contributed by atoms with Gasteiger partial charge in [0.25, 0.3) is 0 Å². The van der Waals surface area contributed by atoms with Crippen LogP contribution in [0.1, 0.15) is 31.2 Å². The van der Waals surface area contributed by atoms with Crippen molar-refractivity contribution in [1.82, 2.24) is 10.3 Å². The van der Waals surface area contributed by atoms with Gasteiger partial charge in [-0.1, -0.05) is 6.07 Å². The van der Waals surface area contributed by atoms with Crippen LogP contribution in [0.25, 0.3) is 0 Å². The van der Waals surface area contributed by atoms with E-state index in [2.05, 4.69) is 16.4 Å².